The fraction of sp³-hybridized carbons (Fsp3) is 0.242. The number of rotatable bonds is 8. The topological polar surface area (TPSA) is 87.7 Å². The molecule has 204 valence electrons. The molecule has 0 saturated heterocycles. The second-order valence-electron chi connectivity index (χ2n) is 10.2. The maximum Gasteiger partial charge on any atom is 0.408 e. The van der Waals surface area contributed by atoms with E-state index in [9.17, 15) is 14.4 Å². The summed E-state index contributed by atoms with van der Waals surface area (Å²) < 4.78 is 5.41. The Kier molecular flexibility index (Phi) is 9.73. The van der Waals surface area contributed by atoms with Crippen molar-refractivity contribution in [2.45, 2.75) is 51.8 Å². The van der Waals surface area contributed by atoms with Gasteiger partial charge in [-0.1, -0.05) is 79.1 Å². The van der Waals surface area contributed by atoms with E-state index in [2.05, 4.69) is 22.6 Å². The zero-order valence-electron chi connectivity index (χ0n) is 23.1. The van der Waals surface area contributed by atoms with Crippen LogP contribution in [-0.2, 0) is 20.7 Å². The summed E-state index contributed by atoms with van der Waals surface area (Å²) in [6, 6.07) is 23.1. The van der Waals surface area contributed by atoms with Crippen molar-refractivity contribution in [2.75, 3.05) is 5.32 Å². The lowest BCUT2D eigenvalue weighted by atomic mass is 9.97. The van der Waals surface area contributed by atoms with Crippen LogP contribution in [0.2, 0.25) is 0 Å². The molecular weight excluding hydrogens is 502 g/mol. The van der Waals surface area contributed by atoms with Gasteiger partial charge in [-0.25, -0.2) is 4.79 Å². The lowest BCUT2D eigenvalue weighted by Crippen LogP contribution is -2.51. The number of terminal acetylenes is 2. The summed E-state index contributed by atoms with van der Waals surface area (Å²) in [4.78, 5) is 41.7. The van der Waals surface area contributed by atoms with Crippen LogP contribution in [0.5, 0.6) is 0 Å². The Bertz CT molecular complexity index is 1440. The molecule has 7 nitrogen and oxygen atoms in total. The number of carbonyl (C=O) groups excluding carboxylic acids is 3. The fourth-order valence-corrected chi connectivity index (χ4v) is 4.11. The van der Waals surface area contributed by atoms with Crippen LogP contribution in [0.4, 0.5) is 10.5 Å². The third-order valence-electron chi connectivity index (χ3n) is 5.97. The van der Waals surface area contributed by atoms with Gasteiger partial charge in [0.25, 0.3) is 11.8 Å². The SMILES string of the molecule is C#Cc1ccccc1C(C(=O)Nc1ccccc1C)N(C#C)C(=O)C(Cc1ccccc1)NC(=O)OC(C)(C)C. The molecule has 0 aliphatic carbocycles. The van der Waals surface area contributed by atoms with Gasteiger partial charge in [0.05, 0.1) is 0 Å². The maximum atomic E-state index is 14.1. The lowest BCUT2D eigenvalue weighted by molar-refractivity contribution is -0.136. The summed E-state index contributed by atoms with van der Waals surface area (Å²) in [5.41, 5.74) is 2.15. The van der Waals surface area contributed by atoms with Crippen molar-refractivity contribution < 1.29 is 19.1 Å². The Balaban J connectivity index is 2.06. The summed E-state index contributed by atoms with van der Waals surface area (Å²) in [7, 11) is 0. The van der Waals surface area contributed by atoms with Gasteiger partial charge in [0.2, 0.25) is 0 Å². The number of alkyl carbamates (subject to hydrolysis) is 1. The van der Waals surface area contributed by atoms with E-state index < -0.39 is 35.6 Å². The molecular formula is C33H33N3O4. The number of nitrogens with zero attached hydrogens (tertiary/aromatic N) is 1. The number of aryl methyl sites for hydroxylation is 1. The van der Waals surface area contributed by atoms with Gasteiger partial charge in [0.15, 0.2) is 6.04 Å². The number of benzene rings is 3. The highest BCUT2D eigenvalue weighted by Gasteiger charge is 2.37. The number of para-hydroxylation sites is 1. The predicted molar refractivity (Wildman–Crippen MR) is 156 cm³/mol. The van der Waals surface area contributed by atoms with Crippen LogP contribution in [0.25, 0.3) is 0 Å². The van der Waals surface area contributed by atoms with Gasteiger partial charge in [0.1, 0.15) is 11.6 Å². The Morgan fingerprint density at radius 2 is 1.55 bits per heavy atom. The molecule has 0 saturated carbocycles. The first-order chi connectivity index (χ1) is 19.0. The van der Waals surface area contributed by atoms with E-state index in [-0.39, 0.29) is 6.42 Å². The van der Waals surface area contributed by atoms with Gasteiger partial charge in [-0.05, 0) is 51.0 Å². The molecule has 2 atom stereocenters. The number of anilines is 1. The third-order valence-corrected chi connectivity index (χ3v) is 5.97. The number of hydrogen-bond acceptors (Lipinski definition) is 4. The molecule has 3 aromatic rings. The Hall–Kier alpha value is -5.01. The highest BCUT2D eigenvalue weighted by molar-refractivity contribution is 6.00. The van der Waals surface area contributed by atoms with Crippen molar-refractivity contribution in [1.82, 2.24) is 10.2 Å². The number of carbonyl (C=O) groups is 3. The van der Waals surface area contributed by atoms with Crippen LogP contribution in [0.3, 0.4) is 0 Å². The molecule has 0 bridgehead atoms. The largest absolute Gasteiger partial charge is 0.444 e. The lowest BCUT2D eigenvalue weighted by Gasteiger charge is -2.31. The van der Waals surface area contributed by atoms with E-state index in [1.165, 1.54) is 0 Å². The second kappa shape index (κ2) is 13.2. The zero-order valence-corrected chi connectivity index (χ0v) is 23.1. The quantitative estimate of drug-likeness (QED) is 0.306. The summed E-state index contributed by atoms with van der Waals surface area (Å²) in [5, 5.41) is 5.53. The number of hydrogen-bond donors (Lipinski definition) is 2. The van der Waals surface area contributed by atoms with Crippen molar-refractivity contribution in [3.63, 3.8) is 0 Å². The van der Waals surface area contributed by atoms with Crippen LogP contribution in [0.15, 0.2) is 78.9 Å². The molecule has 3 rings (SSSR count). The number of nitrogens with one attached hydrogen (secondary N) is 2. The van der Waals surface area contributed by atoms with Crippen LogP contribution >= 0.6 is 0 Å². The third kappa shape index (κ3) is 7.75. The first-order valence-electron chi connectivity index (χ1n) is 12.8. The minimum absolute atomic E-state index is 0.111. The first kappa shape index (κ1) is 29.5. The van der Waals surface area contributed by atoms with Gasteiger partial charge in [-0.15, -0.1) is 6.42 Å². The Labute approximate surface area is 235 Å². The van der Waals surface area contributed by atoms with Gasteiger partial charge in [-0.3, -0.25) is 14.5 Å². The van der Waals surface area contributed by atoms with E-state index in [4.69, 9.17) is 17.6 Å². The summed E-state index contributed by atoms with van der Waals surface area (Å²) in [6.07, 6.45) is 11.0. The first-order valence-corrected chi connectivity index (χ1v) is 12.8. The van der Waals surface area contributed by atoms with E-state index in [1.807, 2.05) is 49.4 Å². The van der Waals surface area contributed by atoms with Gasteiger partial charge < -0.3 is 15.4 Å². The van der Waals surface area contributed by atoms with Gasteiger partial charge in [-0.2, -0.15) is 0 Å². The summed E-state index contributed by atoms with van der Waals surface area (Å²) in [6.45, 7) is 7.01. The minimum atomic E-state index is -1.29. The summed E-state index contributed by atoms with van der Waals surface area (Å²) in [5.74, 6) is 1.35. The fourth-order valence-electron chi connectivity index (χ4n) is 4.11. The van der Waals surface area contributed by atoms with Crippen LogP contribution < -0.4 is 10.6 Å². The van der Waals surface area contributed by atoms with Crippen LogP contribution in [0, 0.1) is 31.7 Å². The van der Waals surface area contributed by atoms with Crippen molar-refractivity contribution in [1.29, 1.82) is 0 Å². The molecule has 40 heavy (non-hydrogen) atoms. The molecule has 3 aromatic carbocycles. The molecule has 2 unspecified atom stereocenters. The zero-order chi connectivity index (χ0) is 29.3. The van der Waals surface area contributed by atoms with E-state index >= 15 is 0 Å². The molecule has 0 heterocycles. The highest BCUT2D eigenvalue weighted by Crippen LogP contribution is 2.27. The Morgan fingerprint density at radius 3 is 2.17 bits per heavy atom. The molecule has 0 aliphatic rings. The molecule has 3 amide bonds. The maximum absolute atomic E-state index is 14.1. The van der Waals surface area contributed by atoms with Crippen molar-refractivity contribution in [3.05, 3.63) is 101 Å². The molecule has 0 radical (unpaired) electrons. The van der Waals surface area contributed by atoms with Gasteiger partial charge >= 0.3 is 6.09 Å². The second-order valence-corrected chi connectivity index (χ2v) is 10.2. The average molecular weight is 536 g/mol. The number of amides is 3. The molecule has 0 fully saturated rings. The standard InChI is InChI=1S/C33H33N3O4/c1-7-25-19-13-14-20-26(25)29(30(37)34-27-21-15-12-16-23(27)3)36(8-2)31(38)28(22-24-17-10-9-11-18-24)35-32(39)40-33(4,5)6/h1-2,9-21,28-29H,22H2,3-6H3,(H,34,37)(H,35,39). The van der Waals surface area contributed by atoms with E-state index in [0.717, 1.165) is 16.0 Å². The number of ether oxygens (including phenoxy) is 1. The minimum Gasteiger partial charge on any atom is -0.444 e. The molecule has 0 spiro atoms. The highest BCUT2D eigenvalue weighted by atomic mass is 16.6. The van der Waals surface area contributed by atoms with E-state index in [0.29, 0.717) is 16.8 Å². The Morgan fingerprint density at radius 1 is 0.925 bits per heavy atom. The molecule has 2 N–H and O–H groups in total. The summed E-state index contributed by atoms with van der Waals surface area (Å²) >= 11 is 0. The average Bonchev–Trinajstić information content (AvgIpc) is 2.91. The smallest absolute Gasteiger partial charge is 0.408 e. The van der Waals surface area contributed by atoms with Crippen LogP contribution in [0.1, 0.15) is 49.1 Å². The van der Waals surface area contributed by atoms with Crippen molar-refractivity contribution >= 4 is 23.6 Å². The monoisotopic (exact) mass is 535 g/mol. The van der Waals surface area contributed by atoms with Crippen molar-refractivity contribution in [2.24, 2.45) is 0 Å². The molecule has 7 heteroatoms. The predicted octanol–water partition coefficient (Wildman–Crippen LogP) is 5.21. The van der Waals surface area contributed by atoms with Crippen molar-refractivity contribution in [3.8, 4) is 24.8 Å². The van der Waals surface area contributed by atoms with Gasteiger partial charge in [0, 0.05) is 29.3 Å². The van der Waals surface area contributed by atoms with Crippen LogP contribution in [-0.4, -0.2) is 34.5 Å². The molecule has 0 aliphatic heterocycles. The van der Waals surface area contributed by atoms with E-state index in [1.54, 1.807) is 57.2 Å². The normalized spacial score (nSPS) is 12.2. The molecule has 0 aromatic heterocycles.